The number of hydrogen-bond acceptors (Lipinski definition) is 2. The van der Waals surface area contributed by atoms with Crippen molar-refractivity contribution in [3.8, 4) is 0 Å². The van der Waals surface area contributed by atoms with Crippen LogP contribution >= 0.6 is 0 Å². The SMILES string of the molecule is [C-]#[N+]C1=C(O)C(C)(C)[C@@H]2CCNC(=O)C[C@@]2(C)C1. The molecule has 0 aromatic rings. The maximum atomic E-state index is 11.8. The zero-order valence-electron chi connectivity index (χ0n) is 11.2. The van der Waals surface area contributed by atoms with Crippen LogP contribution in [0.5, 0.6) is 0 Å². The fraction of sp³-hybridized carbons (Fsp3) is 0.714. The van der Waals surface area contributed by atoms with Crippen LogP contribution in [0.1, 0.15) is 40.0 Å². The van der Waals surface area contributed by atoms with Crippen molar-refractivity contribution >= 4 is 5.91 Å². The molecule has 1 heterocycles. The number of amides is 1. The Morgan fingerprint density at radius 2 is 2.06 bits per heavy atom. The van der Waals surface area contributed by atoms with E-state index in [1.165, 1.54) is 0 Å². The van der Waals surface area contributed by atoms with Gasteiger partial charge >= 0.3 is 0 Å². The number of nitrogens with zero attached hydrogens (tertiary/aromatic N) is 1. The third-order valence-electron chi connectivity index (χ3n) is 4.62. The first kappa shape index (κ1) is 12.9. The van der Waals surface area contributed by atoms with Gasteiger partial charge in [0, 0.05) is 18.4 Å². The molecule has 4 nitrogen and oxygen atoms in total. The van der Waals surface area contributed by atoms with Gasteiger partial charge in [0.05, 0.1) is 6.57 Å². The van der Waals surface area contributed by atoms with E-state index >= 15 is 0 Å². The van der Waals surface area contributed by atoms with Crippen LogP contribution in [0.25, 0.3) is 4.85 Å². The summed E-state index contributed by atoms with van der Waals surface area (Å²) in [5.74, 6) is 0.491. The Labute approximate surface area is 108 Å². The molecule has 18 heavy (non-hydrogen) atoms. The Hall–Kier alpha value is -1.50. The number of nitrogens with one attached hydrogen (secondary N) is 1. The van der Waals surface area contributed by atoms with Crippen LogP contribution < -0.4 is 5.32 Å². The summed E-state index contributed by atoms with van der Waals surface area (Å²) in [5, 5.41) is 13.2. The number of rotatable bonds is 0. The van der Waals surface area contributed by atoms with Gasteiger partial charge in [-0.05, 0) is 24.2 Å². The van der Waals surface area contributed by atoms with E-state index in [9.17, 15) is 9.90 Å². The molecule has 2 aliphatic rings. The molecule has 1 saturated heterocycles. The van der Waals surface area contributed by atoms with E-state index in [1.54, 1.807) is 0 Å². The van der Waals surface area contributed by atoms with Gasteiger partial charge in [0.2, 0.25) is 11.6 Å². The maximum Gasteiger partial charge on any atom is 0.220 e. The summed E-state index contributed by atoms with van der Waals surface area (Å²) in [7, 11) is 0. The minimum atomic E-state index is -0.431. The number of aliphatic hydroxyl groups excluding tert-OH is 1. The molecule has 0 unspecified atom stereocenters. The Balaban J connectivity index is 2.51. The molecule has 0 bridgehead atoms. The van der Waals surface area contributed by atoms with Crippen molar-refractivity contribution in [2.24, 2.45) is 16.7 Å². The van der Waals surface area contributed by atoms with Crippen molar-refractivity contribution in [3.05, 3.63) is 22.9 Å². The van der Waals surface area contributed by atoms with Crippen LogP contribution in [-0.2, 0) is 4.79 Å². The number of aliphatic hydroxyl groups is 1. The lowest BCUT2D eigenvalue weighted by molar-refractivity contribution is -0.123. The molecular formula is C14H20N2O2. The van der Waals surface area contributed by atoms with Gasteiger partial charge in [0.25, 0.3) is 0 Å². The molecule has 1 aliphatic heterocycles. The molecule has 1 fully saturated rings. The second-order valence-corrected chi connectivity index (χ2v) is 6.33. The zero-order chi connectivity index (χ0) is 13.6. The molecule has 0 aromatic heterocycles. The third kappa shape index (κ3) is 1.78. The molecule has 0 spiro atoms. The van der Waals surface area contributed by atoms with E-state index in [-0.39, 0.29) is 23.0 Å². The summed E-state index contributed by atoms with van der Waals surface area (Å²) in [6, 6.07) is 0. The minimum absolute atomic E-state index is 0.0570. The second-order valence-electron chi connectivity index (χ2n) is 6.33. The number of fused-ring (bicyclic) bond motifs is 1. The summed E-state index contributed by atoms with van der Waals surface area (Å²) in [5.41, 5.74) is -0.233. The molecule has 1 amide bonds. The summed E-state index contributed by atoms with van der Waals surface area (Å²) >= 11 is 0. The number of hydrogen-bond donors (Lipinski definition) is 2. The third-order valence-corrected chi connectivity index (χ3v) is 4.62. The van der Waals surface area contributed by atoms with Crippen LogP contribution in [0.3, 0.4) is 0 Å². The maximum absolute atomic E-state index is 11.8. The lowest BCUT2D eigenvalue weighted by Crippen LogP contribution is -2.43. The number of carbonyl (C=O) groups excluding carboxylic acids is 1. The van der Waals surface area contributed by atoms with Crippen LogP contribution in [0.15, 0.2) is 11.5 Å². The highest BCUT2D eigenvalue weighted by molar-refractivity contribution is 5.77. The van der Waals surface area contributed by atoms with Crippen LogP contribution in [0.4, 0.5) is 0 Å². The Morgan fingerprint density at radius 1 is 1.39 bits per heavy atom. The Bertz CT molecular complexity index is 459. The highest BCUT2D eigenvalue weighted by atomic mass is 16.3. The fourth-order valence-electron chi connectivity index (χ4n) is 3.77. The van der Waals surface area contributed by atoms with Crippen molar-refractivity contribution in [1.82, 2.24) is 5.32 Å². The Kier molecular flexibility index (Phi) is 2.89. The molecule has 2 N–H and O–H groups in total. The first-order chi connectivity index (χ1) is 8.31. The zero-order valence-corrected chi connectivity index (χ0v) is 11.2. The first-order valence-electron chi connectivity index (χ1n) is 6.38. The van der Waals surface area contributed by atoms with Gasteiger partial charge in [0.1, 0.15) is 5.76 Å². The van der Waals surface area contributed by atoms with E-state index in [4.69, 9.17) is 6.57 Å². The molecule has 0 radical (unpaired) electrons. The van der Waals surface area contributed by atoms with Crippen molar-refractivity contribution in [2.75, 3.05) is 6.54 Å². The normalized spacial score (nSPS) is 35.2. The first-order valence-corrected chi connectivity index (χ1v) is 6.38. The lowest BCUT2D eigenvalue weighted by Gasteiger charge is -2.49. The molecule has 98 valence electrons. The van der Waals surface area contributed by atoms with E-state index in [1.807, 2.05) is 13.8 Å². The van der Waals surface area contributed by atoms with Gasteiger partial charge in [-0.15, -0.1) is 0 Å². The summed E-state index contributed by atoms with van der Waals surface area (Å²) in [4.78, 5) is 15.2. The highest BCUT2D eigenvalue weighted by Crippen LogP contribution is 2.56. The lowest BCUT2D eigenvalue weighted by atomic mass is 9.56. The van der Waals surface area contributed by atoms with Crippen LogP contribution in [-0.4, -0.2) is 17.6 Å². The van der Waals surface area contributed by atoms with Crippen molar-refractivity contribution in [3.63, 3.8) is 0 Å². The number of allylic oxidation sites excluding steroid dienone is 2. The fourth-order valence-corrected chi connectivity index (χ4v) is 3.77. The highest BCUT2D eigenvalue weighted by Gasteiger charge is 2.52. The minimum Gasteiger partial charge on any atom is -0.523 e. The number of carbonyl (C=O) groups is 1. The van der Waals surface area contributed by atoms with E-state index in [0.29, 0.717) is 25.1 Å². The van der Waals surface area contributed by atoms with Gasteiger partial charge in [-0.2, -0.15) is 0 Å². The molecule has 2 rings (SSSR count). The average Bonchev–Trinajstić information content (AvgIpc) is 2.43. The molecule has 4 heteroatoms. The monoisotopic (exact) mass is 248 g/mol. The summed E-state index contributed by atoms with van der Waals surface area (Å²) in [6.07, 6.45) is 1.79. The van der Waals surface area contributed by atoms with Gasteiger partial charge in [-0.3, -0.25) is 4.79 Å². The van der Waals surface area contributed by atoms with E-state index in [2.05, 4.69) is 17.1 Å². The molecule has 1 aliphatic carbocycles. The quantitative estimate of drug-likeness (QED) is 0.647. The van der Waals surface area contributed by atoms with Gasteiger partial charge in [0.15, 0.2) is 0 Å². The van der Waals surface area contributed by atoms with Gasteiger partial charge in [-0.25, -0.2) is 4.85 Å². The van der Waals surface area contributed by atoms with Crippen molar-refractivity contribution < 1.29 is 9.90 Å². The van der Waals surface area contributed by atoms with Crippen molar-refractivity contribution in [1.29, 1.82) is 0 Å². The molecular weight excluding hydrogens is 228 g/mol. The van der Waals surface area contributed by atoms with Crippen molar-refractivity contribution in [2.45, 2.75) is 40.0 Å². The predicted molar refractivity (Wildman–Crippen MR) is 68.5 cm³/mol. The predicted octanol–water partition coefficient (Wildman–Crippen LogP) is 2.64. The van der Waals surface area contributed by atoms with Gasteiger partial charge < -0.3 is 10.4 Å². The van der Waals surface area contributed by atoms with Crippen LogP contribution in [0.2, 0.25) is 0 Å². The Morgan fingerprint density at radius 3 is 2.67 bits per heavy atom. The molecule has 0 saturated carbocycles. The van der Waals surface area contributed by atoms with E-state index in [0.717, 1.165) is 6.42 Å². The molecule has 2 atom stereocenters. The molecule has 0 aromatic carbocycles. The largest absolute Gasteiger partial charge is 0.523 e. The summed E-state index contributed by atoms with van der Waals surface area (Å²) < 4.78 is 0. The van der Waals surface area contributed by atoms with E-state index < -0.39 is 5.41 Å². The standard InChI is InChI=1S/C14H20N2O2/c1-13(2)10-5-6-16-11(17)8-14(10,3)7-9(15-4)12(13)18/h10,18H,5-8H2,1-3H3,(H,16,17)/t10-,14+/m0/s1. The van der Waals surface area contributed by atoms with Crippen LogP contribution in [0, 0.1) is 23.3 Å². The summed E-state index contributed by atoms with van der Waals surface area (Å²) in [6.45, 7) is 13.9. The topological polar surface area (TPSA) is 53.7 Å². The van der Waals surface area contributed by atoms with Gasteiger partial charge in [-0.1, -0.05) is 20.8 Å². The average molecular weight is 248 g/mol. The smallest absolute Gasteiger partial charge is 0.220 e. The second kappa shape index (κ2) is 4.01.